The maximum absolute atomic E-state index is 11.3. The fourth-order valence-corrected chi connectivity index (χ4v) is 2.13. The topological polar surface area (TPSA) is 68.0 Å². The SMILES string of the molecule is Cc1ccc(-c2c(C(=O)O)nnn2C(C)C)c(C)c1. The van der Waals surface area contributed by atoms with Crippen molar-refractivity contribution in [2.75, 3.05) is 0 Å². The molecule has 1 aromatic carbocycles. The lowest BCUT2D eigenvalue weighted by molar-refractivity contribution is 0.0691. The summed E-state index contributed by atoms with van der Waals surface area (Å²) in [5, 5.41) is 17.0. The van der Waals surface area contributed by atoms with Crippen LogP contribution >= 0.6 is 0 Å². The maximum atomic E-state index is 11.3. The van der Waals surface area contributed by atoms with Crippen molar-refractivity contribution < 1.29 is 9.90 Å². The lowest BCUT2D eigenvalue weighted by Crippen LogP contribution is -2.07. The van der Waals surface area contributed by atoms with Crippen molar-refractivity contribution in [3.8, 4) is 11.3 Å². The summed E-state index contributed by atoms with van der Waals surface area (Å²) in [5.41, 5.74) is 3.59. The van der Waals surface area contributed by atoms with Crippen molar-refractivity contribution in [1.82, 2.24) is 15.0 Å². The Morgan fingerprint density at radius 1 is 1.32 bits per heavy atom. The summed E-state index contributed by atoms with van der Waals surface area (Å²) in [7, 11) is 0. The summed E-state index contributed by atoms with van der Waals surface area (Å²) in [6.07, 6.45) is 0. The molecule has 0 unspecified atom stereocenters. The highest BCUT2D eigenvalue weighted by Crippen LogP contribution is 2.28. The second-order valence-electron chi connectivity index (χ2n) is 4.95. The van der Waals surface area contributed by atoms with Crippen LogP contribution in [0.1, 0.15) is 41.5 Å². The van der Waals surface area contributed by atoms with E-state index in [1.165, 1.54) is 0 Å². The molecule has 0 bridgehead atoms. The molecule has 0 aliphatic rings. The summed E-state index contributed by atoms with van der Waals surface area (Å²) in [6, 6.07) is 5.97. The van der Waals surface area contributed by atoms with E-state index in [1.54, 1.807) is 4.68 Å². The van der Waals surface area contributed by atoms with E-state index >= 15 is 0 Å². The van der Waals surface area contributed by atoms with E-state index in [4.69, 9.17) is 0 Å². The second-order valence-corrected chi connectivity index (χ2v) is 4.95. The van der Waals surface area contributed by atoms with Crippen molar-refractivity contribution in [3.63, 3.8) is 0 Å². The summed E-state index contributed by atoms with van der Waals surface area (Å²) in [5.74, 6) is -1.05. The predicted molar refractivity (Wildman–Crippen MR) is 72.3 cm³/mol. The largest absolute Gasteiger partial charge is 0.476 e. The number of rotatable bonds is 3. The number of aromatic nitrogens is 3. The third kappa shape index (κ3) is 2.36. The maximum Gasteiger partial charge on any atom is 0.358 e. The lowest BCUT2D eigenvalue weighted by atomic mass is 10.0. The minimum atomic E-state index is -1.05. The molecule has 2 rings (SSSR count). The highest BCUT2D eigenvalue weighted by molar-refractivity contribution is 5.93. The van der Waals surface area contributed by atoms with Crippen LogP contribution in [0, 0.1) is 13.8 Å². The molecule has 5 heteroatoms. The Kier molecular flexibility index (Phi) is 3.38. The van der Waals surface area contributed by atoms with Gasteiger partial charge >= 0.3 is 5.97 Å². The quantitative estimate of drug-likeness (QED) is 0.920. The molecule has 0 radical (unpaired) electrons. The molecule has 5 nitrogen and oxygen atoms in total. The second kappa shape index (κ2) is 4.84. The molecule has 0 amide bonds. The molecule has 0 aliphatic heterocycles. The smallest absolute Gasteiger partial charge is 0.358 e. The minimum absolute atomic E-state index is 0.000605. The summed E-state index contributed by atoms with van der Waals surface area (Å²) in [4.78, 5) is 11.3. The first-order valence-electron chi connectivity index (χ1n) is 6.18. The number of benzene rings is 1. The van der Waals surface area contributed by atoms with Gasteiger partial charge in [0.25, 0.3) is 0 Å². The van der Waals surface area contributed by atoms with Crippen LogP contribution in [-0.2, 0) is 0 Å². The molecule has 0 aliphatic carbocycles. The van der Waals surface area contributed by atoms with Crippen molar-refractivity contribution >= 4 is 5.97 Å². The van der Waals surface area contributed by atoms with E-state index in [2.05, 4.69) is 10.3 Å². The van der Waals surface area contributed by atoms with Crippen LogP contribution in [-0.4, -0.2) is 26.1 Å². The number of hydrogen-bond acceptors (Lipinski definition) is 3. The third-order valence-electron chi connectivity index (χ3n) is 3.02. The Morgan fingerprint density at radius 2 is 2.00 bits per heavy atom. The van der Waals surface area contributed by atoms with Gasteiger partial charge in [-0.15, -0.1) is 5.10 Å². The van der Waals surface area contributed by atoms with Crippen LogP contribution in [0.2, 0.25) is 0 Å². The van der Waals surface area contributed by atoms with Gasteiger partial charge in [-0.2, -0.15) is 0 Å². The van der Waals surface area contributed by atoms with Crippen molar-refractivity contribution in [3.05, 3.63) is 35.0 Å². The first-order chi connectivity index (χ1) is 8.91. The van der Waals surface area contributed by atoms with E-state index in [-0.39, 0.29) is 11.7 Å². The first-order valence-corrected chi connectivity index (χ1v) is 6.18. The lowest BCUT2D eigenvalue weighted by Gasteiger charge is -2.12. The molecular formula is C14H17N3O2. The van der Waals surface area contributed by atoms with E-state index < -0.39 is 5.97 Å². The molecule has 0 saturated heterocycles. The Morgan fingerprint density at radius 3 is 2.53 bits per heavy atom. The van der Waals surface area contributed by atoms with Crippen LogP contribution in [0.5, 0.6) is 0 Å². The van der Waals surface area contributed by atoms with Crippen LogP contribution in [0.15, 0.2) is 18.2 Å². The average Bonchev–Trinajstić information content (AvgIpc) is 2.73. The molecule has 2 aromatic rings. The van der Waals surface area contributed by atoms with Crippen LogP contribution in [0.25, 0.3) is 11.3 Å². The van der Waals surface area contributed by atoms with Gasteiger partial charge in [0.1, 0.15) is 5.69 Å². The summed E-state index contributed by atoms with van der Waals surface area (Å²) < 4.78 is 1.65. The number of carbonyl (C=O) groups is 1. The zero-order chi connectivity index (χ0) is 14.2. The monoisotopic (exact) mass is 259 g/mol. The van der Waals surface area contributed by atoms with Gasteiger partial charge in [0.05, 0.1) is 0 Å². The number of aromatic carboxylic acids is 1. The highest BCUT2D eigenvalue weighted by atomic mass is 16.4. The molecule has 1 heterocycles. The zero-order valence-corrected chi connectivity index (χ0v) is 11.5. The normalized spacial score (nSPS) is 11.0. The first kappa shape index (κ1) is 13.3. The minimum Gasteiger partial charge on any atom is -0.476 e. The summed E-state index contributed by atoms with van der Waals surface area (Å²) >= 11 is 0. The average molecular weight is 259 g/mol. The van der Waals surface area contributed by atoms with Gasteiger partial charge in [-0.05, 0) is 33.3 Å². The van der Waals surface area contributed by atoms with Gasteiger partial charge in [-0.25, -0.2) is 9.48 Å². The third-order valence-corrected chi connectivity index (χ3v) is 3.02. The van der Waals surface area contributed by atoms with E-state index in [1.807, 2.05) is 45.9 Å². The standard InChI is InChI=1S/C14H17N3O2/c1-8(2)17-13(12(14(18)19)15-16-17)11-6-5-9(3)7-10(11)4/h5-8H,1-4H3,(H,18,19). The number of aryl methyl sites for hydroxylation is 2. The number of carboxylic acid groups (broad SMARTS) is 1. The Hall–Kier alpha value is -2.17. The molecule has 19 heavy (non-hydrogen) atoms. The highest BCUT2D eigenvalue weighted by Gasteiger charge is 2.22. The van der Waals surface area contributed by atoms with Gasteiger partial charge in [-0.3, -0.25) is 0 Å². The zero-order valence-electron chi connectivity index (χ0n) is 11.5. The van der Waals surface area contributed by atoms with E-state index in [9.17, 15) is 9.90 Å². The predicted octanol–water partition coefficient (Wildman–Crippen LogP) is 2.84. The molecule has 0 spiro atoms. The molecule has 0 atom stereocenters. The van der Waals surface area contributed by atoms with Crippen LogP contribution in [0.4, 0.5) is 0 Å². The summed E-state index contributed by atoms with van der Waals surface area (Å²) in [6.45, 7) is 7.87. The fraction of sp³-hybridized carbons (Fsp3) is 0.357. The van der Waals surface area contributed by atoms with Gasteiger partial charge in [-0.1, -0.05) is 29.0 Å². The molecular weight excluding hydrogens is 242 g/mol. The molecule has 0 fully saturated rings. The van der Waals surface area contributed by atoms with Crippen molar-refractivity contribution in [1.29, 1.82) is 0 Å². The van der Waals surface area contributed by atoms with Crippen molar-refractivity contribution in [2.45, 2.75) is 33.7 Å². The molecule has 0 saturated carbocycles. The van der Waals surface area contributed by atoms with Crippen LogP contribution < -0.4 is 0 Å². The van der Waals surface area contributed by atoms with Gasteiger partial charge in [0.2, 0.25) is 0 Å². The Labute approximate surface area is 111 Å². The number of carboxylic acids is 1. The van der Waals surface area contributed by atoms with Crippen molar-refractivity contribution in [2.24, 2.45) is 0 Å². The fourth-order valence-electron chi connectivity index (χ4n) is 2.13. The molecule has 1 aromatic heterocycles. The van der Waals surface area contributed by atoms with Crippen LogP contribution in [0.3, 0.4) is 0 Å². The molecule has 1 N–H and O–H groups in total. The number of hydrogen-bond donors (Lipinski definition) is 1. The molecule has 100 valence electrons. The van der Waals surface area contributed by atoms with E-state index in [0.29, 0.717) is 5.69 Å². The Balaban J connectivity index is 2.71. The van der Waals surface area contributed by atoms with Gasteiger partial charge < -0.3 is 5.11 Å². The number of nitrogens with zero attached hydrogens (tertiary/aromatic N) is 3. The van der Waals surface area contributed by atoms with E-state index in [0.717, 1.165) is 16.7 Å². The van der Waals surface area contributed by atoms with Gasteiger partial charge in [0.15, 0.2) is 5.69 Å². The Bertz CT molecular complexity index is 630. The van der Waals surface area contributed by atoms with Gasteiger partial charge in [0, 0.05) is 11.6 Å².